The summed E-state index contributed by atoms with van der Waals surface area (Å²) in [6.45, 7) is 0. The molecule has 1 rings (SSSR count). The molecule has 0 atom stereocenters. The molecule has 12 heteroatoms. The van der Waals surface area contributed by atoms with Gasteiger partial charge in [-0.25, -0.2) is 0 Å². The summed E-state index contributed by atoms with van der Waals surface area (Å²) >= 11 is 10.2. The molecule has 0 fully saturated rings. The van der Waals surface area contributed by atoms with Crippen LogP contribution < -0.4 is 5.30 Å². The fraction of sp³-hybridized carbons (Fsp3) is 0.300. The SMILES string of the molecule is FC(F)(F)c1cc(C(F)(F)F)c(P=C(Cl)Cl)c(C(F)(F)F)c1. The minimum Gasteiger partial charge on any atom is -0.166 e. The molecule has 0 saturated carbocycles. The van der Waals surface area contributed by atoms with Crippen LogP contribution >= 0.6 is 31.4 Å². The molecule has 0 saturated heterocycles. The number of hydrogen-bond acceptors (Lipinski definition) is 0. The predicted molar refractivity (Wildman–Crippen MR) is 64.7 cm³/mol. The normalized spacial score (nSPS) is 13.6. The van der Waals surface area contributed by atoms with E-state index >= 15 is 0 Å². The predicted octanol–water partition coefficient (Wildman–Crippen LogP) is 5.88. The summed E-state index contributed by atoms with van der Waals surface area (Å²) in [6, 6.07) is -0.817. The highest BCUT2D eigenvalue weighted by Crippen LogP contribution is 2.41. The molecular formula is C10H2Cl2F9P. The lowest BCUT2D eigenvalue weighted by Gasteiger charge is -2.19. The van der Waals surface area contributed by atoms with Crippen molar-refractivity contribution in [2.24, 2.45) is 0 Å². The number of benzene rings is 1. The molecule has 0 N–H and O–H groups in total. The second-order valence-corrected chi connectivity index (χ2v) is 6.36. The van der Waals surface area contributed by atoms with E-state index in [4.69, 9.17) is 23.2 Å². The van der Waals surface area contributed by atoms with Crippen LogP contribution in [0.4, 0.5) is 39.5 Å². The molecule has 124 valence electrons. The third-order valence-corrected chi connectivity index (χ3v) is 3.63. The smallest absolute Gasteiger partial charge is 0.166 e. The van der Waals surface area contributed by atoms with E-state index in [2.05, 4.69) is 0 Å². The van der Waals surface area contributed by atoms with Crippen molar-refractivity contribution in [3.8, 4) is 0 Å². The molecule has 1 aromatic rings. The van der Waals surface area contributed by atoms with Crippen molar-refractivity contribution in [1.82, 2.24) is 0 Å². The molecule has 0 nitrogen and oxygen atoms in total. The summed E-state index contributed by atoms with van der Waals surface area (Å²) in [4.78, 5) is 0. The summed E-state index contributed by atoms with van der Waals surface area (Å²) in [5, 5.41) is -1.49. The largest absolute Gasteiger partial charge is 0.417 e. The Balaban J connectivity index is 3.91. The van der Waals surface area contributed by atoms with Crippen LogP contribution in [0, 0.1) is 0 Å². The lowest BCUT2D eigenvalue weighted by molar-refractivity contribution is -0.147. The van der Waals surface area contributed by atoms with Gasteiger partial charge in [0.25, 0.3) is 0 Å². The topological polar surface area (TPSA) is 0 Å². The van der Waals surface area contributed by atoms with Crippen LogP contribution in [0.1, 0.15) is 16.7 Å². The van der Waals surface area contributed by atoms with Crippen LogP contribution in [-0.2, 0) is 18.5 Å². The lowest BCUT2D eigenvalue weighted by atomic mass is 10.0. The minimum absolute atomic E-state index is 0.408. The molecule has 1 aromatic carbocycles. The van der Waals surface area contributed by atoms with Gasteiger partial charge in [0.05, 0.1) is 16.7 Å². The Morgan fingerprint density at radius 2 is 1.09 bits per heavy atom. The quantitative estimate of drug-likeness (QED) is 0.412. The molecule has 0 heterocycles. The van der Waals surface area contributed by atoms with Gasteiger partial charge in [0.1, 0.15) is 4.21 Å². The van der Waals surface area contributed by atoms with Gasteiger partial charge in [-0.05, 0) is 20.3 Å². The molecule has 0 spiro atoms. The molecule has 0 radical (unpaired) electrons. The van der Waals surface area contributed by atoms with E-state index in [9.17, 15) is 39.5 Å². The van der Waals surface area contributed by atoms with Crippen LogP contribution in [0.15, 0.2) is 12.1 Å². The van der Waals surface area contributed by atoms with Gasteiger partial charge in [0, 0.05) is 5.30 Å². The van der Waals surface area contributed by atoms with Crippen LogP contribution in [0.5, 0.6) is 0 Å². The fourth-order valence-electron chi connectivity index (χ4n) is 1.44. The van der Waals surface area contributed by atoms with Gasteiger partial charge in [-0.1, -0.05) is 23.2 Å². The maximum Gasteiger partial charge on any atom is 0.417 e. The Morgan fingerprint density at radius 3 is 1.32 bits per heavy atom. The van der Waals surface area contributed by atoms with Gasteiger partial charge in [-0.15, -0.1) is 0 Å². The second-order valence-electron chi connectivity index (χ2n) is 3.77. The minimum atomic E-state index is -5.45. The standard InChI is InChI=1S/C10H2Cl2F9P/c11-7(12)22-6-4(9(16,17)18)1-3(8(13,14)15)2-5(6)10(19,20)21/h1-2H. The third-order valence-electron chi connectivity index (χ3n) is 2.24. The fourth-order valence-corrected chi connectivity index (χ4v) is 2.73. The van der Waals surface area contributed by atoms with Gasteiger partial charge in [0.15, 0.2) is 0 Å². The van der Waals surface area contributed by atoms with Crippen molar-refractivity contribution in [3.05, 3.63) is 28.8 Å². The first-order valence-corrected chi connectivity index (χ1v) is 6.58. The first kappa shape index (κ1) is 19.4. The highest BCUT2D eigenvalue weighted by molar-refractivity contribution is 7.59. The van der Waals surface area contributed by atoms with Gasteiger partial charge in [0.2, 0.25) is 0 Å². The molecule has 0 aromatic heterocycles. The monoisotopic (exact) mass is 394 g/mol. The van der Waals surface area contributed by atoms with Crippen LogP contribution in [-0.4, -0.2) is 4.21 Å². The number of hydrogen-bond donors (Lipinski definition) is 0. The van der Waals surface area contributed by atoms with E-state index in [1.165, 1.54) is 0 Å². The number of halogens is 11. The zero-order chi connectivity index (χ0) is 17.5. The lowest BCUT2D eigenvalue weighted by Crippen LogP contribution is -2.26. The van der Waals surface area contributed by atoms with Gasteiger partial charge >= 0.3 is 18.5 Å². The molecule has 22 heavy (non-hydrogen) atoms. The molecule has 0 aliphatic carbocycles. The Labute approximate surface area is 128 Å². The first-order chi connectivity index (χ1) is 9.64. The van der Waals surface area contributed by atoms with E-state index in [1.807, 2.05) is 0 Å². The van der Waals surface area contributed by atoms with Crippen LogP contribution in [0.3, 0.4) is 0 Å². The first-order valence-electron chi connectivity index (χ1n) is 4.93. The van der Waals surface area contributed by atoms with E-state index in [1.54, 1.807) is 0 Å². The maximum absolute atomic E-state index is 12.8. The summed E-state index contributed by atoms with van der Waals surface area (Å²) in [5.41, 5.74) is -6.28. The average molecular weight is 395 g/mol. The van der Waals surface area contributed by atoms with Crippen molar-refractivity contribution in [1.29, 1.82) is 0 Å². The van der Waals surface area contributed by atoms with Crippen LogP contribution in [0.25, 0.3) is 0 Å². The van der Waals surface area contributed by atoms with E-state index in [0.29, 0.717) is 0 Å². The van der Waals surface area contributed by atoms with Crippen molar-refractivity contribution < 1.29 is 39.5 Å². The van der Waals surface area contributed by atoms with E-state index < -0.39 is 65.1 Å². The van der Waals surface area contributed by atoms with E-state index in [-0.39, 0.29) is 0 Å². The zero-order valence-electron chi connectivity index (χ0n) is 9.76. The van der Waals surface area contributed by atoms with Crippen molar-refractivity contribution >= 4 is 40.9 Å². The Hall–Kier alpha value is -0.660. The van der Waals surface area contributed by atoms with Gasteiger partial charge < -0.3 is 0 Å². The summed E-state index contributed by atoms with van der Waals surface area (Å²) in [6.07, 6.45) is -16.3. The van der Waals surface area contributed by atoms with Crippen molar-refractivity contribution in [3.63, 3.8) is 0 Å². The van der Waals surface area contributed by atoms with Crippen molar-refractivity contribution in [2.45, 2.75) is 18.5 Å². The molecule has 0 amide bonds. The zero-order valence-corrected chi connectivity index (χ0v) is 12.2. The van der Waals surface area contributed by atoms with E-state index in [0.717, 1.165) is 0 Å². The Morgan fingerprint density at radius 1 is 0.727 bits per heavy atom. The van der Waals surface area contributed by atoms with Crippen molar-refractivity contribution in [2.75, 3.05) is 0 Å². The van der Waals surface area contributed by atoms with Gasteiger partial charge in [-0.2, -0.15) is 39.5 Å². The van der Waals surface area contributed by atoms with Crippen LogP contribution in [0.2, 0.25) is 0 Å². The van der Waals surface area contributed by atoms with Gasteiger partial charge in [-0.3, -0.25) is 0 Å². The number of alkyl halides is 9. The summed E-state index contributed by atoms with van der Waals surface area (Å²) in [7, 11) is -0.905. The third kappa shape index (κ3) is 4.67. The summed E-state index contributed by atoms with van der Waals surface area (Å²) < 4.78 is 113. The highest BCUT2D eigenvalue weighted by Gasteiger charge is 2.44. The Kier molecular flexibility index (Phi) is 5.37. The second kappa shape index (κ2) is 6.09. The molecule has 0 unspecified atom stereocenters. The average Bonchev–Trinajstić information content (AvgIpc) is 2.23. The Bertz CT molecular complexity index is 559. The number of rotatable bonds is 1. The molecule has 0 bridgehead atoms. The summed E-state index contributed by atoms with van der Waals surface area (Å²) in [5.74, 6) is 0. The molecular weight excluding hydrogens is 393 g/mol. The maximum atomic E-state index is 12.8. The molecule has 0 aliphatic heterocycles. The molecule has 0 aliphatic rings. The highest BCUT2D eigenvalue weighted by atomic mass is 35.5.